The first kappa shape index (κ1) is 30.9. The molecule has 0 bridgehead atoms. The number of carbonyl (C=O) groups is 2. The lowest BCUT2D eigenvalue weighted by Gasteiger charge is -2.45. The molecule has 1 aromatic heterocycles. The number of aryl methyl sites for hydroxylation is 1. The SMILES string of the molecule is Cc1nc2ccccc2n1[C@@H]1C[C@@H]2CCC23[C@H](C1)N3CCC1(c2cccc(F)c2)CCN(C(=O)C(C)(C)NC(=O)C(Cl)Cl)CC1. The van der Waals surface area contributed by atoms with Crippen LogP contribution in [0.15, 0.2) is 48.5 Å². The summed E-state index contributed by atoms with van der Waals surface area (Å²) in [4.78, 5) is 33.9. The summed E-state index contributed by atoms with van der Waals surface area (Å²) in [6.07, 6.45) is 7.26. The number of likely N-dealkylation sites (tertiary alicyclic amines) is 2. The molecule has 4 fully saturated rings. The van der Waals surface area contributed by atoms with Gasteiger partial charge in [0.05, 0.1) is 11.0 Å². The minimum Gasteiger partial charge on any atom is -0.341 e. The molecule has 240 valence electrons. The van der Waals surface area contributed by atoms with Gasteiger partial charge in [0, 0.05) is 30.7 Å². The van der Waals surface area contributed by atoms with Crippen LogP contribution in [0.1, 0.15) is 76.2 Å². The number of piperidine rings is 1. The number of aromatic nitrogens is 2. The zero-order valence-electron chi connectivity index (χ0n) is 26.2. The number of alkyl halides is 2. The smallest absolute Gasteiger partial charge is 0.254 e. The lowest BCUT2D eigenvalue weighted by Crippen LogP contribution is -2.59. The maximum Gasteiger partial charge on any atom is 0.254 e. The van der Waals surface area contributed by atoms with E-state index in [1.165, 1.54) is 30.8 Å². The number of hydrogen-bond donors (Lipinski definition) is 1. The Balaban J connectivity index is 1.07. The average molecular weight is 655 g/mol. The average Bonchev–Trinajstić information content (AvgIpc) is 3.56. The molecule has 2 unspecified atom stereocenters. The summed E-state index contributed by atoms with van der Waals surface area (Å²) in [7, 11) is 0. The summed E-state index contributed by atoms with van der Waals surface area (Å²) in [5.74, 6) is 0.813. The molecule has 0 radical (unpaired) electrons. The summed E-state index contributed by atoms with van der Waals surface area (Å²) in [6, 6.07) is 16.5. The fraction of sp³-hybridized carbons (Fsp3) is 0.571. The monoisotopic (exact) mass is 653 g/mol. The van der Waals surface area contributed by atoms with Crippen molar-refractivity contribution in [3.8, 4) is 0 Å². The Bertz CT molecular complexity index is 1630. The minimum absolute atomic E-state index is 0.167. The summed E-state index contributed by atoms with van der Waals surface area (Å²) in [5.41, 5.74) is 2.27. The summed E-state index contributed by atoms with van der Waals surface area (Å²) >= 11 is 11.5. The van der Waals surface area contributed by atoms with Crippen LogP contribution in [-0.2, 0) is 15.0 Å². The molecule has 45 heavy (non-hydrogen) atoms. The highest BCUT2D eigenvalue weighted by molar-refractivity contribution is 6.53. The van der Waals surface area contributed by atoms with Crippen LogP contribution in [0.3, 0.4) is 0 Å². The van der Waals surface area contributed by atoms with E-state index in [0.717, 1.165) is 49.1 Å². The van der Waals surface area contributed by atoms with Crippen LogP contribution < -0.4 is 5.32 Å². The van der Waals surface area contributed by atoms with Crippen molar-refractivity contribution < 1.29 is 14.0 Å². The van der Waals surface area contributed by atoms with Gasteiger partial charge in [0.1, 0.15) is 17.2 Å². The molecule has 2 aromatic carbocycles. The normalized spacial score (nSPS) is 28.7. The first-order valence-electron chi connectivity index (χ1n) is 16.3. The van der Waals surface area contributed by atoms with Crippen LogP contribution in [-0.4, -0.2) is 72.8 Å². The molecule has 2 saturated carbocycles. The van der Waals surface area contributed by atoms with Crippen molar-refractivity contribution in [1.82, 2.24) is 24.7 Å². The van der Waals surface area contributed by atoms with Gasteiger partial charge in [-0.25, -0.2) is 9.37 Å². The third-order valence-electron chi connectivity index (χ3n) is 11.7. The van der Waals surface area contributed by atoms with Gasteiger partial charge < -0.3 is 14.8 Å². The molecule has 2 aliphatic carbocycles. The van der Waals surface area contributed by atoms with E-state index in [0.29, 0.717) is 36.6 Å². The van der Waals surface area contributed by atoms with Gasteiger partial charge >= 0.3 is 0 Å². The number of nitrogens with zero attached hydrogens (tertiary/aromatic N) is 4. The Kier molecular flexibility index (Phi) is 7.73. The van der Waals surface area contributed by atoms with Crippen molar-refractivity contribution in [2.45, 2.75) is 99.1 Å². The van der Waals surface area contributed by atoms with E-state index < -0.39 is 16.3 Å². The van der Waals surface area contributed by atoms with E-state index in [9.17, 15) is 14.0 Å². The number of fused-ring (bicyclic) bond motifs is 1. The molecular formula is C35H42Cl2FN5O2. The van der Waals surface area contributed by atoms with Crippen molar-refractivity contribution in [3.05, 3.63) is 65.7 Å². The van der Waals surface area contributed by atoms with Gasteiger partial charge in [-0.15, -0.1) is 0 Å². The van der Waals surface area contributed by atoms with Gasteiger partial charge in [-0.1, -0.05) is 47.5 Å². The molecule has 10 heteroatoms. The molecule has 7 nitrogen and oxygen atoms in total. The number of para-hydroxylation sites is 2. The number of hydrogen-bond acceptors (Lipinski definition) is 4. The van der Waals surface area contributed by atoms with Crippen molar-refractivity contribution in [2.24, 2.45) is 5.92 Å². The second kappa shape index (κ2) is 11.2. The fourth-order valence-corrected chi connectivity index (χ4v) is 9.37. The van der Waals surface area contributed by atoms with Crippen LogP contribution in [0.2, 0.25) is 0 Å². The van der Waals surface area contributed by atoms with Gasteiger partial charge in [0.2, 0.25) is 5.91 Å². The summed E-state index contributed by atoms with van der Waals surface area (Å²) in [6.45, 7) is 7.52. The molecule has 3 heterocycles. The molecule has 2 saturated heterocycles. The van der Waals surface area contributed by atoms with Crippen LogP contribution in [0.4, 0.5) is 4.39 Å². The molecule has 4 aliphatic rings. The molecule has 7 rings (SSSR count). The highest BCUT2D eigenvalue weighted by Gasteiger charge is 2.72. The highest BCUT2D eigenvalue weighted by Crippen LogP contribution is 2.67. The second-order valence-corrected chi connectivity index (χ2v) is 15.4. The molecule has 2 aliphatic heterocycles. The van der Waals surface area contributed by atoms with Crippen LogP contribution in [0, 0.1) is 18.7 Å². The Labute approximate surface area is 274 Å². The fourth-order valence-electron chi connectivity index (χ4n) is 9.26. The van der Waals surface area contributed by atoms with Gasteiger partial charge in [-0.2, -0.15) is 0 Å². The first-order chi connectivity index (χ1) is 21.4. The van der Waals surface area contributed by atoms with Gasteiger partial charge in [0.25, 0.3) is 5.91 Å². The van der Waals surface area contributed by atoms with E-state index in [-0.39, 0.29) is 17.1 Å². The number of rotatable bonds is 8. The number of imidazole rings is 1. The maximum atomic E-state index is 14.6. The Hall–Kier alpha value is -2.68. The van der Waals surface area contributed by atoms with Crippen LogP contribution in [0.25, 0.3) is 11.0 Å². The van der Waals surface area contributed by atoms with Crippen molar-refractivity contribution in [1.29, 1.82) is 0 Å². The van der Waals surface area contributed by atoms with Crippen LogP contribution >= 0.6 is 23.2 Å². The zero-order valence-corrected chi connectivity index (χ0v) is 27.8. The predicted molar refractivity (Wildman–Crippen MR) is 175 cm³/mol. The van der Waals surface area contributed by atoms with Crippen molar-refractivity contribution in [3.63, 3.8) is 0 Å². The number of amides is 2. The van der Waals surface area contributed by atoms with Crippen molar-refractivity contribution >= 4 is 46.0 Å². The Morgan fingerprint density at radius 2 is 1.84 bits per heavy atom. The summed E-state index contributed by atoms with van der Waals surface area (Å²) in [5, 5.41) is 2.68. The third kappa shape index (κ3) is 5.16. The van der Waals surface area contributed by atoms with E-state index in [1.807, 2.05) is 4.90 Å². The molecule has 3 aromatic rings. The summed E-state index contributed by atoms with van der Waals surface area (Å²) < 4.78 is 17.1. The third-order valence-corrected chi connectivity index (χ3v) is 12.1. The number of nitrogens with one attached hydrogen (secondary N) is 1. The van der Waals surface area contributed by atoms with Gasteiger partial charge in [0.15, 0.2) is 4.84 Å². The largest absolute Gasteiger partial charge is 0.341 e. The molecular weight excluding hydrogens is 612 g/mol. The van der Waals surface area contributed by atoms with Gasteiger partial charge in [-0.05, 0) is 113 Å². The standard InChI is InChI=1S/C35H42Cl2FN5O2/c1-22-39-27-9-4-5-10-28(27)43(22)26-20-24-11-12-35(24)29(21-26)42(35)18-15-34(23-7-6-8-25(38)19-23)13-16-41(17-14-34)32(45)33(2,3)40-31(44)30(36)37/h4-10,19,24,26,29-30H,11-18,20-21H2,1-3H3,(H,40,44)/t24-,26+,29-,35?,42?/m0/s1. The van der Waals surface area contributed by atoms with E-state index >= 15 is 0 Å². The Morgan fingerprint density at radius 1 is 1.09 bits per heavy atom. The number of carbonyl (C=O) groups excluding carboxylic acids is 2. The van der Waals surface area contributed by atoms with Crippen LogP contribution in [0.5, 0.6) is 0 Å². The minimum atomic E-state index is -1.24. The molecule has 2 amide bonds. The van der Waals surface area contributed by atoms with E-state index in [4.69, 9.17) is 28.2 Å². The lowest BCUT2D eigenvalue weighted by molar-refractivity contribution is -0.141. The highest BCUT2D eigenvalue weighted by atomic mass is 35.5. The quantitative estimate of drug-likeness (QED) is 0.229. The predicted octanol–water partition coefficient (Wildman–Crippen LogP) is 6.30. The molecule has 1 spiro atoms. The lowest BCUT2D eigenvalue weighted by atomic mass is 9.63. The number of halogens is 3. The molecule has 5 atom stereocenters. The topological polar surface area (TPSA) is 70.2 Å². The van der Waals surface area contributed by atoms with E-state index in [2.05, 4.69) is 52.0 Å². The van der Waals surface area contributed by atoms with Gasteiger partial charge in [-0.3, -0.25) is 14.5 Å². The first-order valence-corrected chi connectivity index (χ1v) is 17.2. The van der Waals surface area contributed by atoms with Crippen molar-refractivity contribution in [2.75, 3.05) is 19.6 Å². The number of benzene rings is 2. The Morgan fingerprint density at radius 3 is 2.53 bits per heavy atom. The van der Waals surface area contributed by atoms with E-state index in [1.54, 1.807) is 26.0 Å². The molecule has 1 N–H and O–H groups in total. The zero-order chi connectivity index (χ0) is 31.7. The second-order valence-electron chi connectivity index (χ2n) is 14.3. The maximum absolute atomic E-state index is 14.6.